The van der Waals surface area contributed by atoms with Crippen LogP contribution in [0.1, 0.15) is 26.7 Å². The first-order valence-electron chi connectivity index (χ1n) is 5.35. The van der Waals surface area contributed by atoms with Gasteiger partial charge >= 0.3 is 0 Å². The van der Waals surface area contributed by atoms with Gasteiger partial charge in [-0.15, -0.1) is 0 Å². The van der Waals surface area contributed by atoms with Gasteiger partial charge in [-0.1, -0.05) is 0 Å². The third kappa shape index (κ3) is 4.07. The van der Waals surface area contributed by atoms with Gasteiger partial charge in [-0.25, -0.2) is 0 Å². The summed E-state index contributed by atoms with van der Waals surface area (Å²) in [6, 6.07) is 0.469. The Labute approximate surface area is 85.8 Å². The Balaban J connectivity index is 2.25. The van der Waals surface area contributed by atoms with E-state index in [0.29, 0.717) is 6.54 Å². The zero-order valence-electron chi connectivity index (χ0n) is 9.12. The van der Waals surface area contributed by atoms with Crippen LogP contribution < -0.4 is 11.1 Å². The highest BCUT2D eigenvalue weighted by Crippen LogP contribution is 2.07. The second-order valence-corrected chi connectivity index (χ2v) is 4.36. The maximum absolute atomic E-state index is 11.4. The molecule has 0 spiro atoms. The molecule has 1 amide bonds. The molecule has 0 bridgehead atoms. The molecule has 0 aromatic carbocycles. The zero-order chi connectivity index (χ0) is 10.6. The van der Waals surface area contributed by atoms with Crippen molar-refractivity contribution in [2.75, 3.05) is 19.6 Å². The molecule has 0 aromatic rings. The van der Waals surface area contributed by atoms with E-state index in [1.54, 1.807) is 0 Å². The van der Waals surface area contributed by atoms with Crippen LogP contribution in [0.3, 0.4) is 0 Å². The number of amides is 1. The number of nitrogens with one attached hydrogen (secondary N) is 1. The van der Waals surface area contributed by atoms with Crippen LogP contribution in [-0.2, 0) is 4.79 Å². The van der Waals surface area contributed by atoms with Crippen molar-refractivity contribution in [1.29, 1.82) is 0 Å². The summed E-state index contributed by atoms with van der Waals surface area (Å²) in [4.78, 5) is 13.6. The van der Waals surface area contributed by atoms with E-state index < -0.39 is 0 Å². The third-order valence-electron chi connectivity index (χ3n) is 2.36. The van der Waals surface area contributed by atoms with Gasteiger partial charge in [-0.05, 0) is 33.2 Å². The van der Waals surface area contributed by atoms with Crippen LogP contribution in [0, 0.1) is 0 Å². The summed E-state index contributed by atoms with van der Waals surface area (Å²) >= 11 is 0. The first-order valence-corrected chi connectivity index (χ1v) is 5.35. The summed E-state index contributed by atoms with van der Waals surface area (Å²) in [5.74, 6) is 0.106. The number of carbonyl (C=O) groups excluding carboxylic acids is 1. The third-order valence-corrected chi connectivity index (χ3v) is 2.36. The van der Waals surface area contributed by atoms with E-state index >= 15 is 0 Å². The van der Waals surface area contributed by atoms with Crippen LogP contribution in [0.2, 0.25) is 0 Å². The molecule has 1 saturated heterocycles. The average Bonchev–Trinajstić information content (AvgIpc) is 2.01. The fraction of sp³-hybridized carbons (Fsp3) is 0.900. The maximum Gasteiger partial charge on any atom is 0.234 e. The molecule has 4 heteroatoms. The number of hydrogen-bond donors (Lipinski definition) is 2. The highest BCUT2D eigenvalue weighted by molar-refractivity contribution is 5.78. The molecular formula is C10H21N3O. The number of rotatable bonds is 3. The summed E-state index contributed by atoms with van der Waals surface area (Å²) in [7, 11) is 0. The Kier molecular flexibility index (Phi) is 4.35. The van der Waals surface area contributed by atoms with Crippen molar-refractivity contribution in [2.45, 2.75) is 38.8 Å². The van der Waals surface area contributed by atoms with Crippen LogP contribution in [0.25, 0.3) is 0 Å². The van der Waals surface area contributed by atoms with Gasteiger partial charge in [0, 0.05) is 18.6 Å². The lowest BCUT2D eigenvalue weighted by Crippen LogP contribution is -2.47. The Morgan fingerprint density at radius 2 is 2.36 bits per heavy atom. The molecule has 1 aliphatic rings. The predicted octanol–water partition coefficient (Wildman–Crippen LogP) is -0.0659. The second kappa shape index (κ2) is 5.32. The lowest BCUT2D eigenvalue weighted by molar-refractivity contribution is -0.123. The van der Waals surface area contributed by atoms with Crippen molar-refractivity contribution in [1.82, 2.24) is 10.2 Å². The monoisotopic (exact) mass is 199 g/mol. The van der Waals surface area contributed by atoms with Gasteiger partial charge in [0.25, 0.3) is 0 Å². The van der Waals surface area contributed by atoms with Crippen molar-refractivity contribution in [3.8, 4) is 0 Å². The fourth-order valence-corrected chi connectivity index (χ4v) is 1.81. The summed E-state index contributed by atoms with van der Waals surface area (Å²) in [6.07, 6.45) is 2.19. The second-order valence-electron chi connectivity index (χ2n) is 4.36. The lowest BCUT2D eigenvalue weighted by Gasteiger charge is -2.30. The number of piperidine rings is 1. The van der Waals surface area contributed by atoms with E-state index in [0.717, 1.165) is 25.9 Å². The smallest absolute Gasteiger partial charge is 0.234 e. The first-order chi connectivity index (χ1) is 6.58. The highest BCUT2D eigenvalue weighted by Gasteiger charge is 2.18. The Hall–Kier alpha value is -0.610. The van der Waals surface area contributed by atoms with Crippen LogP contribution in [0.5, 0.6) is 0 Å². The minimum atomic E-state index is 0.106. The van der Waals surface area contributed by atoms with Gasteiger partial charge in [0.05, 0.1) is 6.54 Å². The molecule has 1 unspecified atom stereocenters. The van der Waals surface area contributed by atoms with Crippen LogP contribution in [-0.4, -0.2) is 42.5 Å². The highest BCUT2D eigenvalue weighted by atomic mass is 16.2. The van der Waals surface area contributed by atoms with E-state index in [4.69, 9.17) is 5.73 Å². The number of nitrogens with zero attached hydrogens (tertiary/aromatic N) is 1. The first kappa shape index (κ1) is 11.5. The van der Waals surface area contributed by atoms with E-state index in [1.807, 2.05) is 13.8 Å². The molecule has 1 fully saturated rings. The van der Waals surface area contributed by atoms with E-state index in [1.165, 1.54) is 0 Å². The van der Waals surface area contributed by atoms with E-state index in [-0.39, 0.29) is 18.0 Å². The van der Waals surface area contributed by atoms with Crippen molar-refractivity contribution in [2.24, 2.45) is 5.73 Å². The largest absolute Gasteiger partial charge is 0.353 e. The van der Waals surface area contributed by atoms with Crippen LogP contribution in [0.4, 0.5) is 0 Å². The van der Waals surface area contributed by atoms with Gasteiger partial charge in [0.2, 0.25) is 5.91 Å². The number of carbonyl (C=O) groups is 1. The molecule has 0 radical (unpaired) electrons. The van der Waals surface area contributed by atoms with Crippen molar-refractivity contribution < 1.29 is 4.79 Å². The molecule has 0 saturated carbocycles. The maximum atomic E-state index is 11.4. The van der Waals surface area contributed by atoms with Crippen molar-refractivity contribution in [3.63, 3.8) is 0 Å². The number of hydrogen-bond acceptors (Lipinski definition) is 3. The Morgan fingerprint density at radius 1 is 1.64 bits per heavy atom. The molecule has 0 aromatic heterocycles. The van der Waals surface area contributed by atoms with Gasteiger partial charge in [0.1, 0.15) is 0 Å². The van der Waals surface area contributed by atoms with Crippen molar-refractivity contribution in [3.05, 3.63) is 0 Å². The molecular weight excluding hydrogens is 178 g/mol. The Morgan fingerprint density at radius 3 is 2.93 bits per heavy atom. The minimum absolute atomic E-state index is 0.106. The molecule has 3 N–H and O–H groups in total. The molecule has 1 atom stereocenters. The lowest BCUT2D eigenvalue weighted by atomic mass is 10.1. The van der Waals surface area contributed by atoms with E-state index in [2.05, 4.69) is 10.2 Å². The molecule has 0 aliphatic carbocycles. The number of nitrogens with two attached hydrogens (primary N) is 1. The zero-order valence-corrected chi connectivity index (χ0v) is 9.12. The number of likely N-dealkylation sites (tertiary alicyclic amines) is 1. The fourth-order valence-electron chi connectivity index (χ4n) is 1.81. The molecule has 4 nitrogen and oxygen atoms in total. The van der Waals surface area contributed by atoms with Crippen LogP contribution in [0.15, 0.2) is 0 Å². The SMILES string of the molecule is CC(C)NC(=O)CN1CCCC(N)C1. The summed E-state index contributed by atoms with van der Waals surface area (Å²) in [5, 5.41) is 2.88. The van der Waals surface area contributed by atoms with Crippen molar-refractivity contribution >= 4 is 5.91 Å². The molecule has 82 valence electrons. The molecule has 1 rings (SSSR count). The Bertz CT molecular complexity index is 194. The van der Waals surface area contributed by atoms with Crippen LogP contribution >= 0.6 is 0 Å². The minimum Gasteiger partial charge on any atom is -0.353 e. The average molecular weight is 199 g/mol. The van der Waals surface area contributed by atoms with Gasteiger partial charge < -0.3 is 11.1 Å². The molecule has 1 aliphatic heterocycles. The standard InChI is InChI=1S/C10H21N3O/c1-8(2)12-10(14)7-13-5-3-4-9(11)6-13/h8-9H,3-7,11H2,1-2H3,(H,12,14). The quantitative estimate of drug-likeness (QED) is 0.669. The summed E-state index contributed by atoms with van der Waals surface area (Å²) in [6.45, 7) is 6.29. The topological polar surface area (TPSA) is 58.4 Å². The molecule has 14 heavy (non-hydrogen) atoms. The normalized spacial score (nSPS) is 23.9. The van der Waals surface area contributed by atoms with Gasteiger partial charge in [-0.3, -0.25) is 9.69 Å². The van der Waals surface area contributed by atoms with E-state index in [9.17, 15) is 4.79 Å². The predicted molar refractivity (Wildman–Crippen MR) is 56.9 cm³/mol. The summed E-state index contributed by atoms with van der Waals surface area (Å²) < 4.78 is 0. The van der Waals surface area contributed by atoms with Gasteiger partial charge in [-0.2, -0.15) is 0 Å². The van der Waals surface area contributed by atoms with Gasteiger partial charge in [0.15, 0.2) is 0 Å². The summed E-state index contributed by atoms with van der Waals surface area (Å²) in [5.41, 5.74) is 5.83. The molecule has 1 heterocycles.